The van der Waals surface area contributed by atoms with E-state index >= 15 is 0 Å². The first kappa shape index (κ1) is 14.9. The Labute approximate surface area is 104 Å². The van der Waals surface area contributed by atoms with Gasteiger partial charge in [0, 0.05) is 32.2 Å². The van der Waals surface area contributed by atoms with Crippen molar-refractivity contribution < 1.29 is 14.9 Å². The number of aliphatic hydroxyl groups is 2. The van der Waals surface area contributed by atoms with Crippen molar-refractivity contribution in [1.82, 2.24) is 10.2 Å². The van der Waals surface area contributed by atoms with Gasteiger partial charge in [-0.25, -0.2) is 0 Å². The van der Waals surface area contributed by atoms with Crippen molar-refractivity contribution in [2.75, 3.05) is 39.4 Å². The highest BCUT2D eigenvalue weighted by molar-refractivity contribution is 4.72. The number of nitrogens with one attached hydrogen (secondary N) is 1. The topological polar surface area (TPSA) is 65.0 Å². The zero-order valence-corrected chi connectivity index (χ0v) is 10.9. The molecule has 1 aliphatic heterocycles. The van der Waals surface area contributed by atoms with Gasteiger partial charge in [-0.2, -0.15) is 0 Å². The summed E-state index contributed by atoms with van der Waals surface area (Å²) in [6.07, 6.45) is 0.0583. The van der Waals surface area contributed by atoms with Crippen LogP contribution in [0.5, 0.6) is 0 Å². The van der Waals surface area contributed by atoms with Crippen molar-refractivity contribution in [1.29, 1.82) is 0 Å². The van der Waals surface area contributed by atoms with E-state index in [1.54, 1.807) is 6.92 Å². The molecular formula is C12H26N2O3. The minimum Gasteiger partial charge on any atom is -0.393 e. The maximum Gasteiger partial charge on any atom is 0.0791 e. The third-order valence-electron chi connectivity index (χ3n) is 2.97. The van der Waals surface area contributed by atoms with E-state index in [1.165, 1.54) is 0 Å². The lowest BCUT2D eigenvalue weighted by Gasteiger charge is -2.29. The van der Waals surface area contributed by atoms with Crippen molar-refractivity contribution in [3.63, 3.8) is 0 Å². The third kappa shape index (κ3) is 6.95. The van der Waals surface area contributed by atoms with E-state index in [0.717, 1.165) is 26.3 Å². The molecule has 1 fully saturated rings. The summed E-state index contributed by atoms with van der Waals surface area (Å²) in [5.74, 6) is 0. The molecule has 3 atom stereocenters. The van der Waals surface area contributed by atoms with Crippen molar-refractivity contribution in [3.05, 3.63) is 0 Å². The molecule has 3 unspecified atom stereocenters. The Hall–Kier alpha value is -0.200. The normalized spacial score (nSPS) is 23.3. The molecule has 0 aliphatic carbocycles. The molecule has 3 N–H and O–H groups in total. The lowest BCUT2D eigenvalue weighted by atomic mass is 10.1. The fraction of sp³-hybridized carbons (Fsp3) is 1.00. The van der Waals surface area contributed by atoms with Gasteiger partial charge in [-0.3, -0.25) is 4.90 Å². The van der Waals surface area contributed by atoms with Gasteiger partial charge < -0.3 is 20.3 Å². The molecule has 1 saturated heterocycles. The van der Waals surface area contributed by atoms with Gasteiger partial charge in [0.25, 0.3) is 0 Å². The molecule has 0 aromatic rings. The highest BCUT2D eigenvalue weighted by Crippen LogP contribution is 2.00. The molecule has 0 aromatic carbocycles. The summed E-state index contributed by atoms with van der Waals surface area (Å²) < 4.78 is 5.26. The summed E-state index contributed by atoms with van der Waals surface area (Å²) in [5.41, 5.74) is 0. The molecule has 0 amide bonds. The first-order valence-corrected chi connectivity index (χ1v) is 6.47. The molecule has 0 aromatic heterocycles. The van der Waals surface area contributed by atoms with Crippen molar-refractivity contribution in [3.8, 4) is 0 Å². The highest BCUT2D eigenvalue weighted by Gasteiger charge is 2.15. The molecule has 1 rings (SSSR count). The van der Waals surface area contributed by atoms with E-state index in [2.05, 4.69) is 10.2 Å². The van der Waals surface area contributed by atoms with Crippen LogP contribution in [0.3, 0.4) is 0 Å². The molecule has 0 spiro atoms. The number of hydrogen-bond acceptors (Lipinski definition) is 5. The van der Waals surface area contributed by atoms with Crippen molar-refractivity contribution >= 4 is 0 Å². The molecule has 0 saturated carbocycles. The van der Waals surface area contributed by atoms with Gasteiger partial charge in [0.2, 0.25) is 0 Å². The summed E-state index contributed by atoms with van der Waals surface area (Å²) in [4.78, 5) is 2.22. The molecule has 0 bridgehead atoms. The van der Waals surface area contributed by atoms with Crippen LogP contribution in [0.1, 0.15) is 20.3 Å². The Morgan fingerprint density at radius 3 is 2.47 bits per heavy atom. The third-order valence-corrected chi connectivity index (χ3v) is 2.97. The largest absolute Gasteiger partial charge is 0.393 e. The number of β-amino-alcohol motifs (C(OH)–C–C–N with tert-alkyl or cyclic N) is 1. The standard InChI is InChI=1S/C12H26N2O3/c1-10(7-11(2)15)13-8-12(16)9-14-3-5-17-6-4-14/h10-13,15-16H,3-9H2,1-2H3. The highest BCUT2D eigenvalue weighted by atomic mass is 16.5. The van der Waals surface area contributed by atoms with Gasteiger partial charge in [0.05, 0.1) is 25.4 Å². The van der Waals surface area contributed by atoms with Crippen LogP contribution in [0.2, 0.25) is 0 Å². The number of ether oxygens (including phenoxy) is 1. The summed E-state index contributed by atoms with van der Waals surface area (Å²) in [5, 5.41) is 22.3. The summed E-state index contributed by atoms with van der Waals surface area (Å²) in [6.45, 7) is 8.40. The number of hydrogen-bond donors (Lipinski definition) is 3. The smallest absolute Gasteiger partial charge is 0.0791 e. The predicted molar refractivity (Wildman–Crippen MR) is 67.0 cm³/mol. The van der Waals surface area contributed by atoms with Crippen molar-refractivity contribution in [2.24, 2.45) is 0 Å². The molecule has 1 heterocycles. The number of aliphatic hydroxyl groups excluding tert-OH is 2. The monoisotopic (exact) mass is 246 g/mol. The number of rotatable bonds is 7. The van der Waals surface area contributed by atoms with Crippen LogP contribution < -0.4 is 5.32 Å². The van der Waals surface area contributed by atoms with Crippen molar-refractivity contribution in [2.45, 2.75) is 38.5 Å². The Bertz CT molecular complexity index is 196. The fourth-order valence-corrected chi connectivity index (χ4v) is 2.08. The van der Waals surface area contributed by atoms with Crippen LogP contribution in [-0.2, 0) is 4.74 Å². The molecule has 5 nitrogen and oxygen atoms in total. The van der Waals surface area contributed by atoms with Crippen LogP contribution in [0.25, 0.3) is 0 Å². The van der Waals surface area contributed by atoms with E-state index in [-0.39, 0.29) is 18.2 Å². The summed E-state index contributed by atoms with van der Waals surface area (Å²) in [6, 6.07) is 0.231. The minimum atomic E-state index is -0.357. The molecule has 5 heteroatoms. The van der Waals surface area contributed by atoms with Crippen LogP contribution >= 0.6 is 0 Å². The lowest BCUT2D eigenvalue weighted by Crippen LogP contribution is -2.45. The molecule has 17 heavy (non-hydrogen) atoms. The Balaban J connectivity index is 2.09. The SMILES string of the molecule is CC(O)CC(C)NCC(O)CN1CCOCC1. The first-order valence-electron chi connectivity index (χ1n) is 6.47. The quantitative estimate of drug-likeness (QED) is 0.561. The zero-order chi connectivity index (χ0) is 12.7. The second-order valence-corrected chi connectivity index (χ2v) is 4.96. The van der Waals surface area contributed by atoms with E-state index in [1.807, 2.05) is 6.92 Å². The Morgan fingerprint density at radius 1 is 1.24 bits per heavy atom. The molecular weight excluding hydrogens is 220 g/mol. The maximum absolute atomic E-state index is 9.88. The van der Waals surface area contributed by atoms with Gasteiger partial charge in [-0.05, 0) is 20.3 Å². The lowest BCUT2D eigenvalue weighted by molar-refractivity contribution is 0.0142. The van der Waals surface area contributed by atoms with Crippen LogP contribution in [-0.4, -0.2) is 72.8 Å². The van der Waals surface area contributed by atoms with Gasteiger partial charge in [0.1, 0.15) is 0 Å². The van der Waals surface area contributed by atoms with Crippen LogP contribution in [0.15, 0.2) is 0 Å². The van der Waals surface area contributed by atoms with E-state index in [4.69, 9.17) is 4.74 Å². The summed E-state index contributed by atoms with van der Waals surface area (Å²) in [7, 11) is 0. The number of morpholine rings is 1. The second-order valence-electron chi connectivity index (χ2n) is 4.96. The second kappa shape index (κ2) is 8.00. The molecule has 0 radical (unpaired) electrons. The average Bonchev–Trinajstić information content (AvgIpc) is 2.27. The minimum absolute atomic E-state index is 0.231. The fourth-order valence-electron chi connectivity index (χ4n) is 2.08. The van der Waals surface area contributed by atoms with Crippen LogP contribution in [0.4, 0.5) is 0 Å². The van der Waals surface area contributed by atoms with Gasteiger partial charge in [0.15, 0.2) is 0 Å². The van der Waals surface area contributed by atoms with E-state index in [0.29, 0.717) is 19.5 Å². The van der Waals surface area contributed by atoms with E-state index in [9.17, 15) is 10.2 Å². The Morgan fingerprint density at radius 2 is 1.88 bits per heavy atom. The van der Waals surface area contributed by atoms with Gasteiger partial charge in [-0.1, -0.05) is 0 Å². The maximum atomic E-state index is 9.88. The molecule has 102 valence electrons. The Kier molecular flexibility index (Phi) is 6.99. The predicted octanol–water partition coefficient (Wildman–Crippen LogP) is -0.571. The first-order chi connectivity index (χ1) is 8.08. The van der Waals surface area contributed by atoms with Crippen LogP contribution in [0, 0.1) is 0 Å². The van der Waals surface area contributed by atoms with Gasteiger partial charge >= 0.3 is 0 Å². The van der Waals surface area contributed by atoms with Gasteiger partial charge in [-0.15, -0.1) is 0 Å². The zero-order valence-electron chi connectivity index (χ0n) is 10.9. The van der Waals surface area contributed by atoms with E-state index < -0.39 is 0 Å². The number of nitrogens with zero attached hydrogens (tertiary/aromatic N) is 1. The summed E-state index contributed by atoms with van der Waals surface area (Å²) >= 11 is 0. The average molecular weight is 246 g/mol. The molecule has 1 aliphatic rings.